The predicted octanol–water partition coefficient (Wildman–Crippen LogP) is 0.286. The van der Waals surface area contributed by atoms with E-state index in [-0.39, 0.29) is 11.9 Å². The molecule has 1 aromatic rings. The molecule has 15 heavy (non-hydrogen) atoms. The summed E-state index contributed by atoms with van der Waals surface area (Å²) in [6, 6.07) is 0.126. The third-order valence-corrected chi connectivity index (χ3v) is 2.06. The fourth-order valence-corrected chi connectivity index (χ4v) is 1.31. The molecule has 0 fully saturated rings. The summed E-state index contributed by atoms with van der Waals surface area (Å²) in [5.74, 6) is -0.0731. The molecule has 1 amide bonds. The summed E-state index contributed by atoms with van der Waals surface area (Å²) in [5.41, 5.74) is 5.96. The first kappa shape index (κ1) is 11.6. The minimum absolute atomic E-state index is 0.0731. The first-order valence-electron chi connectivity index (χ1n) is 4.93. The van der Waals surface area contributed by atoms with Crippen molar-refractivity contribution in [2.24, 2.45) is 5.73 Å². The number of nitrogens with zero attached hydrogens (tertiary/aromatic N) is 3. The maximum absolute atomic E-state index is 12.0. The van der Waals surface area contributed by atoms with Gasteiger partial charge in [0.25, 0.3) is 5.91 Å². The van der Waals surface area contributed by atoms with Crippen LogP contribution >= 0.6 is 0 Å². The van der Waals surface area contributed by atoms with Crippen molar-refractivity contribution in [1.82, 2.24) is 14.9 Å². The maximum atomic E-state index is 12.0. The largest absolute Gasteiger partial charge is 0.335 e. The summed E-state index contributed by atoms with van der Waals surface area (Å²) < 4.78 is 0. The summed E-state index contributed by atoms with van der Waals surface area (Å²) in [7, 11) is 0. The fourth-order valence-electron chi connectivity index (χ4n) is 1.31. The molecule has 0 saturated heterocycles. The molecule has 0 aliphatic carbocycles. The molecule has 0 aromatic carbocycles. The molecule has 0 radical (unpaired) electrons. The molecule has 0 atom stereocenters. The smallest absolute Gasteiger partial charge is 0.257 e. The van der Waals surface area contributed by atoms with E-state index >= 15 is 0 Å². The van der Waals surface area contributed by atoms with Gasteiger partial charge < -0.3 is 10.6 Å². The lowest BCUT2D eigenvalue weighted by Crippen LogP contribution is -2.40. The number of carbonyl (C=O) groups excluding carboxylic acids is 1. The summed E-state index contributed by atoms with van der Waals surface area (Å²) in [6.45, 7) is 4.91. The Kier molecular flexibility index (Phi) is 4.17. The molecule has 5 nitrogen and oxygen atoms in total. The molecular formula is C10H16N4O. The van der Waals surface area contributed by atoms with Gasteiger partial charge in [0.2, 0.25) is 0 Å². The van der Waals surface area contributed by atoms with Crippen LogP contribution in [0.4, 0.5) is 0 Å². The second-order valence-electron chi connectivity index (χ2n) is 3.51. The third kappa shape index (κ3) is 2.99. The van der Waals surface area contributed by atoms with E-state index in [2.05, 4.69) is 9.97 Å². The van der Waals surface area contributed by atoms with Gasteiger partial charge in [0.15, 0.2) is 0 Å². The second kappa shape index (κ2) is 5.41. The van der Waals surface area contributed by atoms with E-state index in [0.717, 1.165) is 0 Å². The molecule has 0 saturated carbocycles. The van der Waals surface area contributed by atoms with E-state index in [4.69, 9.17) is 5.73 Å². The highest BCUT2D eigenvalue weighted by Crippen LogP contribution is 2.05. The van der Waals surface area contributed by atoms with Crippen LogP contribution in [0.3, 0.4) is 0 Å². The van der Waals surface area contributed by atoms with Gasteiger partial charge in [-0.15, -0.1) is 0 Å². The Bertz CT molecular complexity index is 312. The predicted molar refractivity (Wildman–Crippen MR) is 57.3 cm³/mol. The molecule has 1 rings (SSSR count). The van der Waals surface area contributed by atoms with Gasteiger partial charge in [-0.25, -0.2) is 9.97 Å². The van der Waals surface area contributed by atoms with Crippen molar-refractivity contribution in [3.8, 4) is 0 Å². The minimum Gasteiger partial charge on any atom is -0.335 e. The quantitative estimate of drug-likeness (QED) is 0.771. The van der Waals surface area contributed by atoms with Gasteiger partial charge in [0, 0.05) is 31.5 Å². The number of hydrogen-bond donors (Lipinski definition) is 1. The SMILES string of the molecule is CC(C)N(CCN)C(=O)c1cncnc1. The van der Waals surface area contributed by atoms with Crippen LogP contribution in [0, 0.1) is 0 Å². The van der Waals surface area contributed by atoms with E-state index in [1.807, 2.05) is 13.8 Å². The first-order chi connectivity index (χ1) is 7.16. The number of nitrogens with two attached hydrogens (primary N) is 1. The molecule has 0 aliphatic heterocycles. The highest BCUT2D eigenvalue weighted by atomic mass is 16.2. The second-order valence-corrected chi connectivity index (χ2v) is 3.51. The lowest BCUT2D eigenvalue weighted by atomic mass is 10.2. The zero-order valence-corrected chi connectivity index (χ0v) is 9.05. The first-order valence-corrected chi connectivity index (χ1v) is 4.93. The summed E-state index contributed by atoms with van der Waals surface area (Å²) in [5, 5.41) is 0. The van der Waals surface area contributed by atoms with E-state index in [0.29, 0.717) is 18.7 Å². The van der Waals surface area contributed by atoms with Gasteiger partial charge in [-0.1, -0.05) is 0 Å². The fraction of sp³-hybridized carbons (Fsp3) is 0.500. The van der Waals surface area contributed by atoms with Crippen LogP contribution in [0.2, 0.25) is 0 Å². The normalized spacial score (nSPS) is 10.4. The van der Waals surface area contributed by atoms with E-state index in [9.17, 15) is 4.79 Å². The van der Waals surface area contributed by atoms with Crippen LogP contribution < -0.4 is 5.73 Å². The average Bonchev–Trinajstić information content (AvgIpc) is 2.26. The van der Waals surface area contributed by atoms with Crippen LogP contribution in [-0.4, -0.2) is 39.9 Å². The van der Waals surface area contributed by atoms with Crippen molar-refractivity contribution < 1.29 is 4.79 Å². The Morgan fingerprint density at radius 2 is 2.07 bits per heavy atom. The number of rotatable bonds is 4. The standard InChI is InChI=1S/C10H16N4O/c1-8(2)14(4-3-11)10(15)9-5-12-7-13-6-9/h5-8H,3-4,11H2,1-2H3. The number of carbonyl (C=O) groups is 1. The van der Waals surface area contributed by atoms with Crippen molar-refractivity contribution in [2.45, 2.75) is 19.9 Å². The van der Waals surface area contributed by atoms with Gasteiger partial charge in [-0.2, -0.15) is 0 Å². The van der Waals surface area contributed by atoms with E-state index in [1.165, 1.54) is 18.7 Å². The van der Waals surface area contributed by atoms with E-state index in [1.54, 1.807) is 4.90 Å². The number of aromatic nitrogens is 2. The highest BCUT2D eigenvalue weighted by molar-refractivity contribution is 5.93. The van der Waals surface area contributed by atoms with Crippen molar-refractivity contribution in [3.63, 3.8) is 0 Å². The Hall–Kier alpha value is -1.49. The van der Waals surface area contributed by atoms with Gasteiger partial charge in [-0.05, 0) is 13.8 Å². The van der Waals surface area contributed by atoms with Crippen LogP contribution in [0.5, 0.6) is 0 Å². The number of amides is 1. The molecular weight excluding hydrogens is 192 g/mol. The molecule has 1 aromatic heterocycles. The molecule has 5 heteroatoms. The van der Waals surface area contributed by atoms with Crippen LogP contribution in [0.1, 0.15) is 24.2 Å². The van der Waals surface area contributed by atoms with Crippen molar-refractivity contribution >= 4 is 5.91 Å². The monoisotopic (exact) mass is 208 g/mol. The van der Waals surface area contributed by atoms with Gasteiger partial charge in [0.1, 0.15) is 6.33 Å². The zero-order chi connectivity index (χ0) is 11.3. The van der Waals surface area contributed by atoms with Crippen molar-refractivity contribution in [2.75, 3.05) is 13.1 Å². The maximum Gasteiger partial charge on any atom is 0.257 e. The number of hydrogen-bond acceptors (Lipinski definition) is 4. The molecule has 0 spiro atoms. The third-order valence-electron chi connectivity index (χ3n) is 2.06. The summed E-state index contributed by atoms with van der Waals surface area (Å²) in [4.78, 5) is 21.3. The molecule has 0 unspecified atom stereocenters. The Morgan fingerprint density at radius 1 is 1.47 bits per heavy atom. The molecule has 2 N–H and O–H groups in total. The van der Waals surface area contributed by atoms with E-state index < -0.39 is 0 Å². The zero-order valence-electron chi connectivity index (χ0n) is 9.05. The Morgan fingerprint density at radius 3 is 2.53 bits per heavy atom. The molecule has 0 aliphatic rings. The van der Waals surface area contributed by atoms with Crippen LogP contribution in [0.15, 0.2) is 18.7 Å². The molecule has 1 heterocycles. The van der Waals surface area contributed by atoms with Crippen molar-refractivity contribution in [1.29, 1.82) is 0 Å². The Balaban J connectivity index is 2.81. The topological polar surface area (TPSA) is 72.1 Å². The lowest BCUT2D eigenvalue weighted by Gasteiger charge is -2.25. The molecule has 82 valence electrons. The highest BCUT2D eigenvalue weighted by Gasteiger charge is 2.17. The molecule has 0 bridgehead atoms. The van der Waals surface area contributed by atoms with Crippen LogP contribution in [0.25, 0.3) is 0 Å². The Labute approximate surface area is 89.3 Å². The minimum atomic E-state index is -0.0731. The van der Waals surface area contributed by atoms with Gasteiger partial charge >= 0.3 is 0 Å². The van der Waals surface area contributed by atoms with Gasteiger partial charge in [0.05, 0.1) is 5.56 Å². The lowest BCUT2D eigenvalue weighted by molar-refractivity contribution is 0.0711. The van der Waals surface area contributed by atoms with Crippen LogP contribution in [-0.2, 0) is 0 Å². The van der Waals surface area contributed by atoms with Crippen molar-refractivity contribution in [3.05, 3.63) is 24.3 Å². The summed E-state index contributed by atoms with van der Waals surface area (Å²) >= 11 is 0. The average molecular weight is 208 g/mol. The summed E-state index contributed by atoms with van der Waals surface area (Å²) in [6.07, 6.45) is 4.43. The van der Waals surface area contributed by atoms with Gasteiger partial charge in [-0.3, -0.25) is 4.79 Å².